The monoisotopic (exact) mass is 359 g/mol. The van der Waals surface area contributed by atoms with Crippen LogP contribution in [-0.2, 0) is 0 Å². The van der Waals surface area contributed by atoms with Gasteiger partial charge in [0.2, 0.25) is 0 Å². The van der Waals surface area contributed by atoms with E-state index in [4.69, 9.17) is 4.74 Å². The van der Waals surface area contributed by atoms with Gasteiger partial charge in [0.25, 0.3) is 0 Å². The van der Waals surface area contributed by atoms with Crippen LogP contribution in [0.25, 0.3) is 0 Å². The zero-order chi connectivity index (χ0) is 16.4. The molecule has 1 aliphatic heterocycles. The summed E-state index contributed by atoms with van der Waals surface area (Å²) in [6, 6.07) is 7.69. The van der Waals surface area contributed by atoms with Crippen molar-refractivity contribution in [2.24, 2.45) is 0 Å². The zero-order valence-corrected chi connectivity index (χ0v) is 13.9. The number of rotatable bonds is 2. The molecule has 5 nitrogen and oxygen atoms in total. The number of halogens is 1. The Morgan fingerprint density at radius 2 is 1.73 bits per heavy atom. The van der Waals surface area contributed by atoms with E-state index in [0.29, 0.717) is 32.6 Å². The lowest BCUT2D eigenvalue weighted by Crippen LogP contribution is -2.23. The second-order valence-corrected chi connectivity index (χ2v) is 5.77. The number of methoxy groups -OCH3 is 1. The Balaban J connectivity index is 2.72. The number of nitrogens with zero attached hydrogens (tertiary/aromatic N) is 2. The fourth-order valence-corrected chi connectivity index (χ4v) is 3.00. The van der Waals surface area contributed by atoms with Crippen LogP contribution < -0.4 is 10.1 Å². The maximum absolute atomic E-state index is 9.93. The van der Waals surface area contributed by atoms with Crippen LogP contribution in [0.3, 0.4) is 0 Å². The first kappa shape index (κ1) is 15.9. The third-order valence-electron chi connectivity index (χ3n) is 3.61. The minimum Gasteiger partial charge on any atom is -0.503 e. The first-order chi connectivity index (χ1) is 10.4. The average Bonchev–Trinajstić information content (AvgIpc) is 2.49. The molecule has 0 aliphatic carbocycles. The number of aromatic hydroxyl groups is 1. The van der Waals surface area contributed by atoms with Crippen LogP contribution in [0, 0.1) is 22.7 Å². The quantitative estimate of drug-likeness (QED) is 0.843. The van der Waals surface area contributed by atoms with Gasteiger partial charge in [-0.15, -0.1) is 0 Å². The van der Waals surface area contributed by atoms with Crippen LogP contribution in [0.1, 0.15) is 25.3 Å². The summed E-state index contributed by atoms with van der Waals surface area (Å²) in [6.45, 7) is 3.60. The van der Waals surface area contributed by atoms with Crippen LogP contribution in [0.5, 0.6) is 11.5 Å². The summed E-state index contributed by atoms with van der Waals surface area (Å²) in [5.74, 6) is -0.214. The lowest BCUT2D eigenvalue weighted by Gasteiger charge is -2.26. The molecule has 0 saturated carbocycles. The van der Waals surface area contributed by atoms with Crippen LogP contribution in [0.15, 0.2) is 39.1 Å². The fourth-order valence-electron chi connectivity index (χ4n) is 2.54. The number of phenols is 1. The van der Waals surface area contributed by atoms with Gasteiger partial charge in [0.15, 0.2) is 11.5 Å². The predicted molar refractivity (Wildman–Crippen MR) is 84.9 cm³/mol. The molecule has 0 radical (unpaired) electrons. The highest BCUT2D eigenvalue weighted by Gasteiger charge is 2.30. The molecule has 2 N–H and O–H groups in total. The minimum absolute atomic E-state index is 0.0152. The molecule has 0 unspecified atom stereocenters. The molecule has 1 aromatic rings. The Labute approximate surface area is 137 Å². The van der Waals surface area contributed by atoms with Gasteiger partial charge in [0.05, 0.1) is 40.8 Å². The molecule has 0 amide bonds. The second kappa shape index (κ2) is 6.13. The van der Waals surface area contributed by atoms with Gasteiger partial charge >= 0.3 is 0 Å². The van der Waals surface area contributed by atoms with Gasteiger partial charge < -0.3 is 15.2 Å². The van der Waals surface area contributed by atoms with Crippen molar-refractivity contribution < 1.29 is 9.84 Å². The molecule has 112 valence electrons. The Morgan fingerprint density at radius 3 is 2.18 bits per heavy atom. The Bertz CT molecular complexity index is 746. The smallest absolute Gasteiger partial charge is 0.172 e. The molecule has 22 heavy (non-hydrogen) atoms. The summed E-state index contributed by atoms with van der Waals surface area (Å²) < 4.78 is 5.60. The third kappa shape index (κ3) is 2.54. The summed E-state index contributed by atoms with van der Waals surface area (Å²) in [5.41, 5.74) is 3.08. The van der Waals surface area contributed by atoms with Crippen molar-refractivity contribution in [1.29, 1.82) is 10.5 Å². The molecular weight excluding hydrogens is 346 g/mol. The van der Waals surface area contributed by atoms with Gasteiger partial charge in [-0.2, -0.15) is 10.5 Å². The Kier molecular flexibility index (Phi) is 4.44. The van der Waals surface area contributed by atoms with E-state index in [1.54, 1.807) is 26.0 Å². The normalized spacial score (nSPS) is 15.2. The van der Waals surface area contributed by atoms with Gasteiger partial charge in [-0.25, -0.2) is 0 Å². The highest BCUT2D eigenvalue weighted by Crippen LogP contribution is 2.43. The number of allylic oxidation sites excluding steroid dienone is 4. The number of hydrogen-bond acceptors (Lipinski definition) is 5. The van der Waals surface area contributed by atoms with E-state index in [9.17, 15) is 15.6 Å². The molecule has 2 rings (SSSR count). The standard InChI is InChI=1S/C16H14BrN3O2/c1-8-11(6-18)15(12(7-19)9(2)20-8)10-4-13(17)16(21)14(5-10)22-3/h4-5,15,20-21H,1-3H3. The highest BCUT2D eigenvalue weighted by atomic mass is 79.9. The summed E-state index contributed by atoms with van der Waals surface area (Å²) in [6.07, 6.45) is 0. The van der Waals surface area contributed by atoms with Crippen LogP contribution in [0.2, 0.25) is 0 Å². The van der Waals surface area contributed by atoms with E-state index in [-0.39, 0.29) is 11.5 Å². The summed E-state index contributed by atoms with van der Waals surface area (Å²) in [7, 11) is 1.45. The van der Waals surface area contributed by atoms with E-state index >= 15 is 0 Å². The number of hydrogen-bond donors (Lipinski definition) is 2. The molecule has 0 aromatic heterocycles. The maximum Gasteiger partial charge on any atom is 0.172 e. The second-order valence-electron chi connectivity index (χ2n) is 4.91. The van der Waals surface area contributed by atoms with Gasteiger partial charge in [-0.05, 0) is 47.5 Å². The summed E-state index contributed by atoms with van der Waals surface area (Å²) in [5, 5.41) is 31.9. The summed E-state index contributed by atoms with van der Waals surface area (Å²) >= 11 is 3.27. The SMILES string of the molecule is COc1cc(C2C(C#N)=C(C)NC(C)=C2C#N)cc(Br)c1O. The first-order valence-corrected chi connectivity index (χ1v) is 7.29. The van der Waals surface area contributed by atoms with Crippen LogP contribution in [0.4, 0.5) is 0 Å². The van der Waals surface area contributed by atoms with Crippen molar-refractivity contribution in [2.75, 3.05) is 7.11 Å². The molecule has 0 bridgehead atoms. The molecule has 1 aromatic carbocycles. The molecule has 1 heterocycles. The van der Waals surface area contributed by atoms with E-state index in [1.807, 2.05) is 0 Å². The van der Waals surface area contributed by atoms with Crippen LogP contribution >= 0.6 is 15.9 Å². The average molecular weight is 360 g/mol. The Hall–Kier alpha value is -2.44. The van der Waals surface area contributed by atoms with Crippen molar-refractivity contribution in [2.45, 2.75) is 19.8 Å². The van der Waals surface area contributed by atoms with Crippen LogP contribution in [-0.4, -0.2) is 12.2 Å². The number of nitrogens with one attached hydrogen (secondary N) is 1. The molecule has 1 aliphatic rings. The largest absolute Gasteiger partial charge is 0.503 e. The molecule has 0 spiro atoms. The third-order valence-corrected chi connectivity index (χ3v) is 4.21. The number of ether oxygens (including phenoxy) is 1. The van der Waals surface area contributed by atoms with Gasteiger partial charge in [-0.1, -0.05) is 0 Å². The molecule has 0 atom stereocenters. The maximum atomic E-state index is 9.93. The van der Waals surface area contributed by atoms with Crippen molar-refractivity contribution in [1.82, 2.24) is 5.32 Å². The molecule has 0 fully saturated rings. The molecule has 0 saturated heterocycles. The topological polar surface area (TPSA) is 89.1 Å². The predicted octanol–water partition coefficient (Wildman–Crippen LogP) is 3.45. The highest BCUT2D eigenvalue weighted by molar-refractivity contribution is 9.10. The number of phenolic OH excluding ortho intramolecular Hbond substituents is 1. The van der Waals surface area contributed by atoms with Gasteiger partial charge in [0.1, 0.15) is 0 Å². The van der Waals surface area contributed by atoms with Crippen molar-refractivity contribution in [3.8, 4) is 23.6 Å². The lowest BCUT2D eigenvalue weighted by molar-refractivity contribution is 0.371. The zero-order valence-electron chi connectivity index (χ0n) is 12.4. The summed E-state index contributed by atoms with van der Waals surface area (Å²) in [4.78, 5) is 0. The molecular formula is C16H14BrN3O2. The van der Waals surface area contributed by atoms with Crippen molar-refractivity contribution >= 4 is 15.9 Å². The van der Waals surface area contributed by atoms with E-state index < -0.39 is 5.92 Å². The fraction of sp³-hybridized carbons (Fsp3) is 0.250. The number of dihydropyridines is 1. The van der Waals surface area contributed by atoms with E-state index in [2.05, 4.69) is 33.4 Å². The minimum atomic E-state index is -0.484. The van der Waals surface area contributed by atoms with Gasteiger partial charge in [-0.3, -0.25) is 0 Å². The van der Waals surface area contributed by atoms with Crippen molar-refractivity contribution in [3.63, 3.8) is 0 Å². The Morgan fingerprint density at radius 1 is 1.18 bits per heavy atom. The van der Waals surface area contributed by atoms with E-state index in [0.717, 1.165) is 0 Å². The van der Waals surface area contributed by atoms with Gasteiger partial charge in [0, 0.05) is 11.4 Å². The lowest BCUT2D eigenvalue weighted by atomic mass is 9.81. The number of benzene rings is 1. The van der Waals surface area contributed by atoms with Crippen molar-refractivity contribution in [3.05, 3.63) is 44.7 Å². The molecule has 6 heteroatoms. The van der Waals surface area contributed by atoms with E-state index in [1.165, 1.54) is 7.11 Å². The number of nitriles is 2. The first-order valence-electron chi connectivity index (χ1n) is 6.49.